The number of halogens is 7. The zero-order valence-electron chi connectivity index (χ0n) is 15.6. The molecule has 1 aliphatic rings. The van der Waals surface area contributed by atoms with E-state index in [2.05, 4.69) is 5.32 Å². The van der Waals surface area contributed by atoms with Crippen LogP contribution in [0.15, 0.2) is 42.5 Å². The van der Waals surface area contributed by atoms with Crippen LogP contribution in [0.25, 0.3) is 0 Å². The molecule has 1 unspecified atom stereocenters. The van der Waals surface area contributed by atoms with Gasteiger partial charge in [-0.2, -0.15) is 26.3 Å². The Balaban J connectivity index is 1.88. The molecule has 0 spiro atoms. The molecule has 1 N–H and O–H groups in total. The van der Waals surface area contributed by atoms with Gasteiger partial charge in [-0.25, -0.2) is 4.39 Å². The van der Waals surface area contributed by atoms with Crippen LogP contribution >= 0.6 is 0 Å². The Hall–Kier alpha value is -2.17. The molecule has 3 rings (SSSR count). The molecule has 0 saturated carbocycles. The van der Waals surface area contributed by atoms with Crippen molar-refractivity contribution in [2.75, 3.05) is 13.2 Å². The Labute approximate surface area is 167 Å². The van der Waals surface area contributed by atoms with Gasteiger partial charge in [0.1, 0.15) is 5.82 Å². The summed E-state index contributed by atoms with van der Waals surface area (Å²) in [7, 11) is 0. The first-order valence-electron chi connectivity index (χ1n) is 8.89. The smallest absolute Gasteiger partial charge is 0.342 e. The molecule has 0 aliphatic carbocycles. The summed E-state index contributed by atoms with van der Waals surface area (Å²) < 4.78 is 103. The van der Waals surface area contributed by atoms with Crippen molar-refractivity contribution in [1.82, 2.24) is 5.32 Å². The monoisotopic (exact) mass is 436 g/mol. The molecule has 163 valence electrons. The minimum atomic E-state index is -4.96. The first-order chi connectivity index (χ1) is 13.9. The number of ether oxygens (including phenoxy) is 2. The fourth-order valence-corrected chi connectivity index (χ4v) is 2.99. The second-order valence-corrected chi connectivity index (χ2v) is 6.71. The van der Waals surface area contributed by atoms with Gasteiger partial charge in [0.2, 0.25) is 6.29 Å². The lowest BCUT2D eigenvalue weighted by Crippen LogP contribution is -2.38. The molecule has 2 atom stereocenters. The quantitative estimate of drug-likeness (QED) is 0.616. The van der Waals surface area contributed by atoms with Gasteiger partial charge in [-0.15, -0.1) is 0 Å². The molecule has 30 heavy (non-hydrogen) atoms. The predicted molar refractivity (Wildman–Crippen MR) is 92.3 cm³/mol. The largest absolute Gasteiger partial charge is 0.416 e. The van der Waals surface area contributed by atoms with E-state index in [1.54, 1.807) is 0 Å². The lowest BCUT2D eigenvalue weighted by Gasteiger charge is -2.33. The van der Waals surface area contributed by atoms with Crippen LogP contribution in [-0.4, -0.2) is 13.2 Å². The normalized spacial score (nSPS) is 19.7. The molecule has 2 aromatic rings. The number of alkyl halides is 6. The number of hydrogen-bond acceptors (Lipinski definition) is 3. The molecule has 10 heteroatoms. The summed E-state index contributed by atoms with van der Waals surface area (Å²) in [6.07, 6.45) is -11.1. The third-order valence-corrected chi connectivity index (χ3v) is 4.51. The van der Waals surface area contributed by atoms with Gasteiger partial charge in [-0.1, -0.05) is 12.1 Å². The maximum Gasteiger partial charge on any atom is 0.416 e. The van der Waals surface area contributed by atoms with Gasteiger partial charge in [-0.3, -0.25) is 0 Å². The van der Waals surface area contributed by atoms with Gasteiger partial charge >= 0.3 is 12.4 Å². The van der Waals surface area contributed by atoms with Crippen molar-refractivity contribution in [3.63, 3.8) is 0 Å². The number of benzene rings is 2. The van der Waals surface area contributed by atoms with Gasteiger partial charge in [-0.05, 0) is 48.4 Å². The average molecular weight is 436 g/mol. The van der Waals surface area contributed by atoms with E-state index < -0.39 is 41.4 Å². The molecule has 1 fully saturated rings. The Morgan fingerprint density at radius 2 is 1.53 bits per heavy atom. The van der Waals surface area contributed by atoms with Crippen molar-refractivity contribution in [3.8, 4) is 0 Å². The summed E-state index contributed by atoms with van der Waals surface area (Å²) in [5, 5.41) is 3.06. The zero-order valence-corrected chi connectivity index (χ0v) is 15.6. The highest BCUT2D eigenvalue weighted by Crippen LogP contribution is 2.39. The molecule has 1 aliphatic heterocycles. The summed E-state index contributed by atoms with van der Waals surface area (Å²) in [6.45, 7) is 1.93. The van der Waals surface area contributed by atoms with Gasteiger partial charge < -0.3 is 14.8 Å². The highest BCUT2D eigenvalue weighted by Gasteiger charge is 2.38. The summed E-state index contributed by atoms with van der Waals surface area (Å²) in [5.74, 6) is -0.463. The molecule has 0 bridgehead atoms. The van der Waals surface area contributed by atoms with Crippen LogP contribution in [0.3, 0.4) is 0 Å². The first-order valence-corrected chi connectivity index (χ1v) is 8.89. The Morgan fingerprint density at radius 3 is 2.07 bits per heavy atom. The van der Waals surface area contributed by atoms with E-state index in [1.165, 1.54) is 31.2 Å². The summed E-state index contributed by atoms with van der Waals surface area (Å²) in [4.78, 5) is 0. The summed E-state index contributed by atoms with van der Waals surface area (Å²) in [5.41, 5.74) is -2.59. The maximum absolute atomic E-state index is 13.2. The fraction of sp³-hybridized carbons (Fsp3) is 0.350. The Bertz CT molecular complexity index is 833. The van der Waals surface area contributed by atoms with Gasteiger partial charge in [0.15, 0.2) is 0 Å². The van der Waals surface area contributed by atoms with E-state index in [9.17, 15) is 30.7 Å². The molecule has 1 heterocycles. The minimum Gasteiger partial charge on any atom is -0.342 e. The molecular formula is C20H17F7NO2. The molecule has 0 amide bonds. The first kappa shape index (κ1) is 22.5. The van der Waals surface area contributed by atoms with Crippen molar-refractivity contribution in [1.29, 1.82) is 0 Å². The SMILES string of the molecule is C[C@@H](O[C]1OCCNC1c1ccc(F)cc1)c1cc(C(F)(F)F)cc(C(F)(F)F)c1. The zero-order chi connectivity index (χ0) is 22.1. The minimum absolute atomic E-state index is 0.0219. The third kappa shape index (κ3) is 5.30. The Kier molecular flexibility index (Phi) is 6.40. The molecular weight excluding hydrogens is 419 g/mol. The second kappa shape index (κ2) is 8.52. The lowest BCUT2D eigenvalue weighted by molar-refractivity contribution is -0.143. The van der Waals surface area contributed by atoms with E-state index >= 15 is 0 Å². The van der Waals surface area contributed by atoms with Gasteiger partial charge in [0.25, 0.3) is 0 Å². The van der Waals surface area contributed by atoms with Crippen LogP contribution in [-0.2, 0) is 21.8 Å². The van der Waals surface area contributed by atoms with Crippen LogP contribution in [0.2, 0.25) is 0 Å². The number of rotatable bonds is 4. The van der Waals surface area contributed by atoms with Crippen molar-refractivity contribution in [2.45, 2.75) is 31.4 Å². The summed E-state index contributed by atoms with van der Waals surface area (Å²) in [6, 6.07) is 6.01. The van der Waals surface area contributed by atoms with Crippen molar-refractivity contribution >= 4 is 0 Å². The van der Waals surface area contributed by atoms with E-state index in [1.807, 2.05) is 0 Å². The average Bonchev–Trinajstić information content (AvgIpc) is 2.67. The molecule has 2 aromatic carbocycles. The van der Waals surface area contributed by atoms with E-state index in [4.69, 9.17) is 9.47 Å². The molecule has 1 radical (unpaired) electrons. The van der Waals surface area contributed by atoms with Gasteiger partial charge in [0, 0.05) is 6.54 Å². The van der Waals surface area contributed by atoms with Crippen LogP contribution in [0.1, 0.15) is 41.3 Å². The van der Waals surface area contributed by atoms with Crippen LogP contribution < -0.4 is 5.32 Å². The van der Waals surface area contributed by atoms with E-state index in [-0.39, 0.29) is 24.5 Å². The van der Waals surface area contributed by atoms with Crippen LogP contribution in [0.4, 0.5) is 30.7 Å². The predicted octanol–water partition coefficient (Wildman–Crippen LogP) is 5.79. The molecule has 3 nitrogen and oxygen atoms in total. The van der Waals surface area contributed by atoms with Crippen molar-refractivity contribution in [3.05, 3.63) is 76.8 Å². The van der Waals surface area contributed by atoms with Crippen molar-refractivity contribution < 1.29 is 40.2 Å². The number of hydrogen-bond donors (Lipinski definition) is 1. The second-order valence-electron chi connectivity index (χ2n) is 6.71. The standard InChI is InChI=1S/C20H17F7NO2/c1-11(13-8-14(19(22,23)24)10-15(9-13)20(25,26)27)30-18-17(28-6-7-29-18)12-2-4-16(21)5-3-12/h2-5,8-11,17,28H,6-7H2,1H3/t11-,17?/m1/s1. The van der Waals surface area contributed by atoms with Crippen LogP contribution in [0.5, 0.6) is 0 Å². The van der Waals surface area contributed by atoms with Crippen LogP contribution in [0, 0.1) is 12.1 Å². The lowest BCUT2D eigenvalue weighted by atomic mass is 10.0. The number of morpholine rings is 1. The number of nitrogens with one attached hydrogen (secondary N) is 1. The van der Waals surface area contributed by atoms with Gasteiger partial charge in [0.05, 0.1) is 29.9 Å². The highest BCUT2D eigenvalue weighted by molar-refractivity contribution is 5.35. The third-order valence-electron chi connectivity index (χ3n) is 4.51. The Morgan fingerprint density at radius 1 is 0.967 bits per heavy atom. The molecule has 0 aromatic heterocycles. The summed E-state index contributed by atoms with van der Waals surface area (Å²) >= 11 is 0. The van der Waals surface area contributed by atoms with E-state index in [0.29, 0.717) is 24.2 Å². The fourth-order valence-electron chi connectivity index (χ4n) is 2.99. The van der Waals surface area contributed by atoms with Crippen molar-refractivity contribution in [2.24, 2.45) is 0 Å². The maximum atomic E-state index is 13.2. The highest BCUT2D eigenvalue weighted by atomic mass is 19.4. The molecule has 1 saturated heterocycles. The van der Waals surface area contributed by atoms with E-state index in [0.717, 1.165) is 0 Å². The topological polar surface area (TPSA) is 30.5 Å².